The summed E-state index contributed by atoms with van der Waals surface area (Å²) >= 11 is 0. The first-order valence-electron chi connectivity index (χ1n) is 8.30. The number of rotatable bonds is 8. The number of hydrogen-bond donors (Lipinski definition) is 1. The van der Waals surface area contributed by atoms with Crippen molar-refractivity contribution in [1.82, 2.24) is 4.90 Å². The summed E-state index contributed by atoms with van der Waals surface area (Å²) < 4.78 is 5.30. The normalized spacial score (nSPS) is 13.2. The fourth-order valence-corrected chi connectivity index (χ4v) is 3.17. The fraction of sp³-hybridized carbons (Fsp3) is 0.684. The Hall–Kier alpha value is -1.06. The van der Waals surface area contributed by atoms with Gasteiger partial charge in [-0.3, -0.25) is 4.90 Å². The van der Waals surface area contributed by atoms with Gasteiger partial charge >= 0.3 is 0 Å². The van der Waals surface area contributed by atoms with Crippen LogP contribution in [0.5, 0.6) is 5.75 Å². The number of aliphatic hydroxyl groups is 1. The lowest BCUT2D eigenvalue weighted by molar-refractivity contribution is 0.0978. The number of aliphatic hydroxyl groups excluding tert-OH is 1. The highest BCUT2D eigenvalue weighted by Gasteiger charge is 2.19. The molecule has 0 heterocycles. The molecule has 0 aliphatic heterocycles. The maximum atomic E-state index is 10.8. The van der Waals surface area contributed by atoms with Crippen LogP contribution in [0.25, 0.3) is 0 Å². The molecule has 0 fully saturated rings. The van der Waals surface area contributed by atoms with Gasteiger partial charge in [0.2, 0.25) is 0 Å². The molecule has 0 spiro atoms. The van der Waals surface area contributed by atoms with Crippen LogP contribution in [0.1, 0.15) is 50.5 Å². The largest absolute Gasteiger partial charge is 0.497 e. The van der Waals surface area contributed by atoms with Crippen molar-refractivity contribution in [2.75, 3.05) is 26.7 Å². The topological polar surface area (TPSA) is 32.7 Å². The molecule has 1 unspecified atom stereocenters. The molecule has 22 heavy (non-hydrogen) atoms. The third kappa shape index (κ3) is 5.62. The predicted molar refractivity (Wildman–Crippen MR) is 93.5 cm³/mol. The number of benzene rings is 1. The van der Waals surface area contributed by atoms with E-state index in [1.807, 2.05) is 26.0 Å². The van der Waals surface area contributed by atoms with Gasteiger partial charge in [0, 0.05) is 19.6 Å². The van der Waals surface area contributed by atoms with Crippen molar-refractivity contribution < 1.29 is 9.84 Å². The van der Waals surface area contributed by atoms with Crippen LogP contribution in [-0.2, 0) is 0 Å². The summed E-state index contributed by atoms with van der Waals surface area (Å²) in [6.07, 6.45) is -0.455. The molecule has 0 saturated heterocycles. The Morgan fingerprint density at radius 2 is 1.41 bits per heavy atom. The van der Waals surface area contributed by atoms with Crippen LogP contribution >= 0.6 is 0 Å². The third-order valence-corrected chi connectivity index (χ3v) is 3.81. The minimum absolute atomic E-state index is 0.455. The smallest absolute Gasteiger partial charge is 0.119 e. The Labute approximate surface area is 136 Å². The second-order valence-electron chi connectivity index (χ2n) is 7.20. The molecule has 1 aromatic carbocycles. The van der Waals surface area contributed by atoms with Crippen molar-refractivity contribution in [1.29, 1.82) is 0 Å². The highest BCUT2D eigenvalue weighted by Crippen LogP contribution is 2.27. The summed E-state index contributed by atoms with van der Waals surface area (Å²) in [5.41, 5.74) is 3.23. The first-order chi connectivity index (χ1) is 10.2. The number of nitrogens with zero attached hydrogens (tertiary/aromatic N) is 1. The van der Waals surface area contributed by atoms with Crippen molar-refractivity contribution in [2.24, 2.45) is 11.8 Å². The summed E-state index contributed by atoms with van der Waals surface area (Å²) in [4.78, 5) is 2.38. The van der Waals surface area contributed by atoms with Gasteiger partial charge in [-0.1, -0.05) is 27.7 Å². The van der Waals surface area contributed by atoms with Gasteiger partial charge in [0.05, 0.1) is 13.2 Å². The highest BCUT2D eigenvalue weighted by molar-refractivity contribution is 5.42. The van der Waals surface area contributed by atoms with Crippen LogP contribution in [-0.4, -0.2) is 36.8 Å². The number of aryl methyl sites for hydroxylation is 2. The van der Waals surface area contributed by atoms with Crippen LogP contribution in [0, 0.1) is 25.7 Å². The van der Waals surface area contributed by atoms with Crippen LogP contribution in [0.4, 0.5) is 0 Å². The lowest BCUT2D eigenvalue weighted by atomic mass is 9.96. The molecule has 0 aliphatic carbocycles. The zero-order valence-corrected chi connectivity index (χ0v) is 15.3. The first-order valence-corrected chi connectivity index (χ1v) is 8.30. The highest BCUT2D eigenvalue weighted by atomic mass is 16.5. The molecule has 0 aliphatic rings. The SMILES string of the molecule is COc1cc(C)c(C(O)CN(CC(C)C)CC(C)C)c(C)c1. The number of ether oxygens (including phenoxy) is 1. The molecule has 1 rings (SSSR count). The molecule has 0 saturated carbocycles. The van der Waals surface area contributed by atoms with Gasteiger partial charge in [0.15, 0.2) is 0 Å². The average molecular weight is 307 g/mol. The fourth-order valence-electron chi connectivity index (χ4n) is 3.17. The molecule has 3 nitrogen and oxygen atoms in total. The molecule has 1 N–H and O–H groups in total. The van der Waals surface area contributed by atoms with E-state index in [1.165, 1.54) is 0 Å². The van der Waals surface area contributed by atoms with Gasteiger partial charge in [-0.2, -0.15) is 0 Å². The Kier molecular flexibility index (Phi) is 7.37. The molecular weight excluding hydrogens is 274 g/mol. The van der Waals surface area contributed by atoms with Gasteiger partial charge in [-0.15, -0.1) is 0 Å². The second-order valence-corrected chi connectivity index (χ2v) is 7.20. The quantitative estimate of drug-likeness (QED) is 0.789. The Bertz CT molecular complexity index is 435. The van der Waals surface area contributed by atoms with Crippen molar-refractivity contribution in [3.05, 3.63) is 28.8 Å². The van der Waals surface area contributed by atoms with Crippen molar-refractivity contribution in [2.45, 2.75) is 47.6 Å². The molecule has 126 valence electrons. The predicted octanol–water partition coefficient (Wildman–Crippen LogP) is 3.96. The molecule has 1 aromatic rings. The minimum atomic E-state index is -0.455. The van der Waals surface area contributed by atoms with Crippen LogP contribution in [0.3, 0.4) is 0 Å². The lowest BCUT2D eigenvalue weighted by Crippen LogP contribution is -2.35. The Morgan fingerprint density at radius 3 is 1.77 bits per heavy atom. The summed E-state index contributed by atoms with van der Waals surface area (Å²) in [5.74, 6) is 2.06. The van der Waals surface area contributed by atoms with Gasteiger partial charge in [0.25, 0.3) is 0 Å². The van der Waals surface area contributed by atoms with E-state index in [2.05, 4.69) is 32.6 Å². The first kappa shape index (κ1) is 19.0. The molecule has 1 atom stereocenters. The van der Waals surface area contributed by atoms with E-state index in [1.54, 1.807) is 7.11 Å². The van der Waals surface area contributed by atoms with E-state index >= 15 is 0 Å². The monoisotopic (exact) mass is 307 g/mol. The number of methoxy groups -OCH3 is 1. The van der Waals surface area contributed by atoms with E-state index < -0.39 is 6.10 Å². The summed E-state index contributed by atoms with van der Waals surface area (Å²) in [6.45, 7) is 15.7. The zero-order chi connectivity index (χ0) is 16.9. The molecule has 0 amide bonds. The van der Waals surface area contributed by atoms with E-state index in [0.29, 0.717) is 18.4 Å². The van der Waals surface area contributed by atoms with Crippen molar-refractivity contribution >= 4 is 0 Å². The Morgan fingerprint density at radius 1 is 0.955 bits per heavy atom. The van der Waals surface area contributed by atoms with Crippen LogP contribution < -0.4 is 4.74 Å². The van der Waals surface area contributed by atoms with Gasteiger partial charge in [-0.25, -0.2) is 0 Å². The maximum absolute atomic E-state index is 10.8. The van der Waals surface area contributed by atoms with E-state index in [4.69, 9.17) is 4.74 Å². The molecule has 0 radical (unpaired) electrons. The summed E-state index contributed by atoms with van der Waals surface area (Å²) in [7, 11) is 1.68. The van der Waals surface area contributed by atoms with E-state index in [0.717, 1.165) is 35.5 Å². The molecule has 3 heteroatoms. The molecule has 0 aromatic heterocycles. The van der Waals surface area contributed by atoms with Crippen molar-refractivity contribution in [3.8, 4) is 5.75 Å². The Balaban J connectivity index is 2.91. The van der Waals surface area contributed by atoms with E-state index in [9.17, 15) is 5.11 Å². The van der Waals surface area contributed by atoms with Gasteiger partial charge in [-0.05, 0) is 54.5 Å². The molecular formula is C19H33NO2. The zero-order valence-electron chi connectivity index (χ0n) is 15.3. The summed E-state index contributed by atoms with van der Waals surface area (Å²) in [5, 5.41) is 10.8. The summed E-state index contributed by atoms with van der Waals surface area (Å²) in [6, 6.07) is 4.00. The number of hydrogen-bond acceptors (Lipinski definition) is 3. The van der Waals surface area contributed by atoms with Gasteiger partial charge in [0.1, 0.15) is 5.75 Å². The van der Waals surface area contributed by atoms with E-state index in [-0.39, 0.29) is 0 Å². The third-order valence-electron chi connectivity index (χ3n) is 3.81. The standard InChI is InChI=1S/C19H33NO2/c1-13(2)10-20(11-14(3)4)12-18(21)19-15(5)8-17(22-7)9-16(19)6/h8-9,13-14,18,21H,10-12H2,1-7H3. The second kappa shape index (κ2) is 8.54. The van der Waals surface area contributed by atoms with Crippen LogP contribution in [0.15, 0.2) is 12.1 Å². The molecule has 0 bridgehead atoms. The van der Waals surface area contributed by atoms with Crippen LogP contribution in [0.2, 0.25) is 0 Å². The van der Waals surface area contributed by atoms with Crippen molar-refractivity contribution in [3.63, 3.8) is 0 Å². The van der Waals surface area contributed by atoms with Gasteiger partial charge < -0.3 is 9.84 Å². The minimum Gasteiger partial charge on any atom is -0.497 e. The maximum Gasteiger partial charge on any atom is 0.119 e. The average Bonchev–Trinajstić information content (AvgIpc) is 2.35. The lowest BCUT2D eigenvalue weighted by Gasteiger charge is -2.29.